The second-order valence-electron chi connectivity index (χ2n) is 4.43. The Labute approximate surface area is 133 Å². The van der Waals surface area contributed by atoms with Crippen molar-refractivity contribution in [3.8, 4) is 5.75 Å². The maximum absolute atomic E-state index is 12.7. The Balaban J connectivity index is 2.29. The largest absolute Gasteiger partial charge is 0.473 e. The zero-order valence-corrected chi connectivity index (χ0v) is 13.3. The van der Waals surface area contributed by atoms with E-state index in [1.165, 1.54) is 6.07 Å². The van der Waals surface area contributed by atoms with Gasteiger partial charge in [-0.3, -0.25) is 0 Å². The smallest absolute Gasteiger partial charge is 0.416 e. The molecular weight excluding hydrogens is 369 g/mol. The molecule has 0 heterocycles. The number of benzene rings is 2. The summed E-state index contributed by atoms with van der Waals surface area (Å²) in [5.41, 5.74) is 0.986. The third-order valence-corrected chi connectivity index (χ3v) is 3.91. The molecule has 1 unspecified atom stereocenters. The molecule has 112 valence electrons. The molecule has 0 amide bonds. The van der Waals surface area contributed by atoms with E-state index in [4.69, 9.17) is 16.3 Å². The highest BCUT2D eigenvalue weighted by Crippen LogP contribution is 2.38. The molecule has 2 rings (SSSR count). The van der Waals surface area contributed by atoms with E-state index in [9.17, 15) is 13.2 Å². The van der Waals surface area contributed by atoms with Crippen LogP contribution in [-0.4, -0.2) is 0 Å². The van der Waals surface area contributed by atoms with E-state index >= 15 is 0 Å². The Hall–Kier alpha value is -1.20. The van der Waals surface area contributed by atoms with Crippen molar-refractivity contribution in [2.45, 2.75) is 18.1 Å². The van der Waals surface area contributed by atoms with E-state index in [2.05, 4.69) is 15.9 Å². The molecule has 0 aromatic heterocycles. The van der Waals surface area contributed by atoms with Gasteiger partial charge in [0.1, 0.15) is 5.75 Å². The number of hydrogen-bond acceptors (Lipinski definition) is 1. The van der Waals surface area contributed by atoms with Crippen molar-refractivity contribution in [3.05, 3.63) is 64.2 Å². The fourth-order valence-electron chi connectivity index (χ4n) is 1.79. The van der Waals surface area contributed by atoms with E-state index in [0.29, 0.717) is 0 Å². The minimum Gasteiger partial charge on any atom is -0.473 e. The van der Waals surface area contributed by atoms with E-state index in [0.717, 1.165) is 23.3 Å². The maximum atomic E-state index is 12.7. The second kappa shape index (κ2) is 6.28. The van der Waals surface area contributed by atoms with Gasteiger partial charge in [0.15, 0.2) is 5.01 Å². The fourth-order valence-corrected chi connectivity index (χ4v) is 2.66. The first kappa shape index (κ1) is 16.2. The van der Waals surface area contributed by atoms with Crippen molar-refractivity contribution in [1.82, 2.24) is 0 Å². The molecule has 0 aliphatic rings. The molecule has 0 aliphatic heterocycles. The van der Waals surface area contributed by atoms with Crippen LogP contribution in [0.1, 0.15) is 21.7 Å². The Morgan fingerprint density at radius 2 is 1.81 bits per heavy atom. The Kier molecular flexibility index (Phi) is 4.84. The topological polar surface area (TPSA) is 9.23 Å². The lowest BCUT2D eigenvalue weighted by Gasteiger charge is -2.17. The molecule has 21 heavy (non-hydrogen) atoms. The van der Waals surface area contributed by atoms with Crippen LogP contribution in [0.25, 0.3) is 0 Å². The van der Waals surface area contributed by atoms with E-state index in [1.807, 2.05) is 31.2 Å². The summed E-state index contributed by atoms with van der Waals surface area (Å²) in [6.45, 7) is 1.89. The maximum Gasteiger partial charge on any atom is 0.416 e. The van der Waals surface area contributed by atoms with Crippen molar-refractivity contribution >= 4 is 27.5 Å². The number of ether oxygens (including phenoxy) is 1. The van der Waals surface area contributed by atoms with Crippen LogP contribution in [0.3, 0.4) is 0 Å². The highest BCUT2D eigenvalue weighted by Gasteiger charge is 2.31. The molecule has 0 N–H and O–H groups in total. The van der Waals surface area contributed by atoms with E-state index < -0.39 is 16.8 Å². The third-order valence-electron chi connectivity index (χ3n) is 2.92. The first-order chi connectivity index (χ1) is 9.79. The molecule has 2 aromatic carbocycles. The lowest BCUT2D eigenvalue weighted by atomic mass is 10.1. The van der Waals surface area contributed by atoms with Crippen LogP contribution in [0.5, 0.6) is 5.75 Å². The van der Waals surface area contributed by atoms with Gasteiger partial charge in [-0.25, -0.2) is 0 Å². The van der Waals surface area contributed by atoms with Gasteiger partial charge in [-0.05, 0) is 46.6 Å². The van der Waals surface area contributed by atoms with Crippen LogP contribution in [0.15, 0.2) is 42.5 Å². The SMILES string of the molecule is Cc1ccccc1C(Br)Oc1cc(C(F)(F)F)ccc1Cl. The fraction of sp³-hybridized carbons (Fsp3) is 0.200. The lowest BCUT2D eigenvalue weighted by Crippen LogP contribution is -2.07. The summed E-state index contributed by atoms with van der Waals surface area (Å²) < 4.78 is 43.7. The predicted octanol–water partition coefficient (Wildman–Crippen LogP) is 6.14. The number of aryl methyl sites for hydroxylation is 1. The molecule has 0 saturated heterocycles. The second-order valence-corrected chi connectivity index (χ2v) is 5.67. The van der Waals surface area contributed by atoms with Crippen molar-refractivity contribution in [3.63, 3.8) is 0 Å². The van der Waals surface area contributed by atoms with Gasteiger partial charge in [0.2, 0.25) is 0 Å². The van der Waals surface area contributed by atoms with Crippen LogP contribution in [0.4, 0.5) is 13.2 Å². The average molecular weight is 380 g/mol. The van der Waals surface area contributed by atoms with Crippen LogP contribution in [-0.2, 0) is 6.18 Å². The van der Waals surface area contributed by atoms with Gasteiger partial charge in [-0.2, -0.15) is 13.2 Å². The molecule has 0 radical (unpaired) electrons. The minimum absolute atomic E-state index is 0.0170. The molecule has 0 spiro atoms. The molecule has 0 bridgehead atoms. The Bertz CT molecular complexity index is 643. The number of alkyl halides is 4. The quantitative estimate of drug-likeness (QED) is 0.582. The van der Waals surface area contributed by atoms with Gasteiger partial charge >= 0.3 is 6.18 Å². The monoisotopic (exact) mass is 378 g/mol. The highest BCUT2D eigenvalue weighted by atomic mass is 79.9. The van der Waals surface area contributed by atoms with Crippen LogP contribution >= 0.6 is 27.5 Å². The molecule has 6 heteroatoms. The molecule has 0 aliphatic carbocycles. The molecule has 1 atom stereocenters. The lowest BCUT2D eigenvalue weighted by molar-refractivity contribution is -0.137. The molecule has 2 aromatic rings. The summed E-state index contributed by atoms with van der Waals surface area (Å²) in [7, 11) is 0. The summed E-state index contributed by atoms with van der Waals surface area (Å²) >= 11 is 9.23. The number of hydrogen-bond donors (Lipinski definition) is 0. The molecular formula is C15H11BrClF3O. The summed E-state index contributed by atoms with van der Waals surface area (Å²) in [4.78, 5) is 0. The van der Waals surface area contributed by atoms with Crippen LogP contribution in [0, 0.1) is 6.92 Å². The minimum atomic E-state index is -4.44. The predicted molar refractivity (Wildman–Crippen MR) is 79.9 cm³/mol. The van der Waals surface area contributed by atoms with Gasteiger partial charge in [0.25, 0.3) is 0 Å². The van der Waals surface area contributed by atoms with Crippen molar-refractivity contribution in [2.24, 2.45) is 0 Å². The van der Waals surface area contributed by atoms with Gasteiger partial charge in [0, 0.05) is 5.56 Å². The Morgan fingerprint density at radius 1 is 1.14 bits per heavy atom. The third kappa shape index (κ3) is 3.92. The zero-order chi connectivity index (χ0) is 15.6. The molecule has 1 nitrogen and oxygen atoms in total. The summed E-state index contributed by atoms with van der Waals surface area (Å²) in [6, 6.07) is 10.4. The first-order valence-electron chi connectivity index (χ1n) is 6.02. The average Bonchev–Trinajstić information content (AvgIpc) is 2.40. The summed E-state index contributed by atoms with van der Waals surface area (Å²) in [5, 5.41) is -0.458. The summed E-state index contributed by atoms with van der Waals surface area (Å²) in [5.74, 6) is -0.0170. The molecule has 0 fully saturated rings. The van der Waals surface area contributed by atoms with Gasteiger partial charge in [-0.1, -0.05) is 35.9 Å². The normalized spacial score (nSPS) is 13.0. The zero-order valence-electron chi connectivity index (χ0n) is 10.9. The van der Waals surface area contributed by atoms with Crippen LogP contribution in [0.2, 0.25) is 5.02 Å². The highest BCUT2D eigenvalue weighted by molar-refractivity contribution is 9.09. The number of rotatable bonds is 3. The standard InChI is InChI=1S/C15H11BrClF3O/c1-9-4-2-3-5-11(9)14(16)21-13-8-10(15(18,19)20)6-7-12(13)17/h2-8,14H,1H3. The van der Waals surface area contributed by atoms with E-state index in [-0.39, 0.29) is 10.8 Å². The number of halogens is 5. The first-order valence-corrected chi connectivity index (χ1v) is 7.31. The van der Waals surface area contributed by atoms with Gasteiger partial charge in [0.05, 0.1) is 10.6 Å². The van der Waals surface area contributed by atoms with Crippen molar-refractivity contribution in [2.75, 3.05) is 0 Å². The Morgan fingerprint density at radius 3 is 2.43 bits per heavy atom. The molecule has 0 saturated carbocycles. The van der Waals surface area contributed by atoms with Crippen molar-refractivity contribution < 1.29 is 17.9 Å². The van der Waals surface area contributed by atoms with Crippen LogP contribution < -0.4 is 4.74 Å². The van der Waals surface area contributed by atoms with Gasteiger partial charge < -0.3 is 4.74 Å². The van der Waals surface area contributed by atoms with Crippen molar-refractivity contribution in [1.29, 1.82) is 0 Å². The van der Waals surface area contributed by atoms with Gasteiger partial charge in [-0.15, -0.1) is 0 Å². The van der Waals surface area contributed by atoms with E-state index in [1.54, 1.807) is 0 Å². The summed E-state index contributed by atoms with van der Waals surface area (Å²) in [6.07, 6.45) is -4.44.